The monoisotopic (exact) mass is 284 g/mol. The molecule has 6 nitrogen and oxygen atoms in total. The fourth-order valence-corrected chi connectivity index (χ4v) is 2.29. The van der Waals surface area contributed by atoms with Crippen LogP contribution in [0.1, 0.15) is 10.4 Å². The Balaban J connectivity index is 2.03. The van der Waals surface area contributed by atoms with E-state index >= 15 is 0 Å². The quantitative estimate of drug-likeness (QED) is 0.821. The number of aliphatic hydroxyl groups excluding tert-OH is 1. The molecule has 0 unspecified atom stereocenters. The topological polar surface area (TPSA) is 82.7 Å². The molecule has 104 valence electrons. The number of hydrogen-bond acceptors (Lipinski definition) is 5. The van der Waals surface area contributed by atoms with E-state index < -0.39 is 0 Å². The molecule has 1 fully saturated rings. The van der Waals surface area contributed by atoms with Crippen molar-refractivity contribution in [3.63, 3.8) is 0 Å². The van der Waals surface area contributed by atoms with E-state index in [2.05, 4.69) is 9.88 Å². The molecule has 1 saturated heterocycles. The van der Waals surface area contributed by atoms with Gasteiger partial charge in [0.2, 0.25) is 0 Å². The number of carbonyl (C=O) groups excluding carboxylic acids is 1. The number of β-amino-alcohol motifs (C(OH)–C–C–N with tert-alkyl or cyclic N) is 1. The largest absolute Gasteiger partial charge is 0.395 e. The van der Waals surface area contributed by atoms with Gasteiger partial charge in [-0.25, -0.2) is 4.98 Å². The van der Waals surface area contributed by atoms with Crippen molar-refractivity contribution in [2.45, 2.75) is 0 Å². The number of rotatable bonds is 3. The number of nitrogens with zero attached hydrogens (tertiary/aromatic N) is 3. The molecule has 2 heterocycles. The van der Waals surface area contributed by atoms with Crippen molar-refractivity contribution in [1.82, 2.24) is 14.8 Å². The summed E-state index contributed by atoms with van der Waals surface area (Å²) in [6, 6.07) is 1.50. The smallest absolute Gasteiger partial charge is 0.255 e. The van der Waals surface area contributed by atoms with E-state index in [0.717, 1.165) is 13.1 Å². The van der Waals surface area contributed by atoms with Crippen LogP contribution in [0.25, 0.3) is 0 Å². The lowest BCUT2D eigenvalue weighted by molar-refractivity contribution is 0.0615. The lowest BCUT2D eigenvalue weighted by Gasteiger charge is -2.34. The SMILES string of the molecule is Nc1cc(C(=O)N2CCN(CCO)CC2)c(Cl)cn1. The summed E-state index contributed by atoms with van der Waals surface area (Å²) in [6.45, 7) is 3.54. The molecular formula is C12H17ClN4O2. The van der Waals surface area contributed by atoms with E-state index in [9.17, 15) is 4.79 Å². The highest BCUT2D eigenvalue weighted by molar-refractivity contribution is 6.33. The van der Waals surface area contributed by atoms with Gasteiger partial charge in [-0.05, 0) is 6.07 Å². The highest BCUT2D eigenvalue weighted by Crippen LogP contribution is 2.19. The Kier molecular flexibility index (Phi) is 4.57. The summed E-state index contributed by atoms with van der Waals surface area (Å²) < 4.78 is 0. The molecule has 7 heteroatoms. The third kappa shape index (κ3) is 3.34. The van der Waals surface area contributed by atoms with Gasteiger partial charge in [0.1, 0.15) is 5.82 Å². The second kappa shape index (κ2) is 6.18. The Morgan fingerprint density at radius 3 is 2.74 bits per heavy atom. The van der Waals surface area contributed by atoms with Crippen molar-refractivity contribution in [3.05, 3.63) is 22.8 Å². The number of anilines is 1. The second-order valence-electron chi connectivity index (χ2n) is 4.45. The number of aromatic nitrogens is 1. The fraction of sp³-hybridized carbons (Fsp3) is 0.500. The zero-order valence-electron chi connectivity index (χ0n) is 10.5. The van der Waals surface area contributed by atoms with Gasteiger partial charge in [0.05, 0.1) is 17.2 Å². The van der Waals surface area contributed by atoms with Gasteiger partial charge in [-0.1, -0.05) is 11.6 Å². The summed E-state index contributed by atoms with van der Waals surface area (Å²) in [5.74, 6) is 0.161. The average Bonchev–Trinajstić information content (AvgIpc) is 2.42. The Morgan fingerprint density at radius 1 is 1.42 bits per heavy atom. The summed E-state index contributed by atoms with van der Waals surface area (Å²) in [5.41, 5.74) is 5.97. The van der Waals surface area contributed by atoms with Crippen LogP contribution in [0, 0.1) is 0 Å². The summed E-state index contributed by atoms with van der Waals surface area (Å²) in [7, 11) is 0. The standard InChI is InChI=1S/C12H17ClN4O2/c13-10-8-15-11(14)7-9(10)12(19)17-3-1-16(2-4-17)5-6-18/h7-8,18H,1-6H2,(H2,14,15). The van der Waals surface area contributed by atoms with Gasteiger partial charge >= 0.3 is 0 Å². The number of amides is 1. The molecule has 1 amide bonds. The number of pyridine rings is 1. The first kappa shape index (κ1) is 14.0. The molecule has 1 aliphatic rings. The van der Waals surface area contributed by atoms with Crippen molar-refractivity contribution in [2.75, 3.05) is 45.1 Å². The molecule has 1 aromatic rings. The van der Waals surface area contributed by atoms with E-state index in [1.807, 2.05) is 0 Å². The summed E-state index contributed by atoms with van der Waals surface area (Å²) in [4.78, 5) is 20.0. The van der Waals surface area contributed by atoms with Crippen LogP contribution in [0.2, 0.25) is 5.02 Å². The minimum atomic E-state index is -0.122. The van der Waals surface area contributed by atoms with Crippen LogP contribution >= 0.6 is 11.6 Å². The van der Waals surface area contributed by atoms with Crippen LogP contribution < -0.4 is 5.73 Å². The van der Waals surface area contributed by atoms with Gasteiger partial charge in [0.15, 0.2) is 0 Å². The summed E-state index contributed by atoms with van der Waals surface area (Å²) in [6.07, 6.45) is 1.39. The Labute approximate surface area is 116 Å². The van der Waals surface area contributed by atoms with E-state index in [1.165, 1.54) is 12.3 Å². The van der Waals surface area contributed by atoms with E-state index in [0.29, 0.717) is 30.2 Å². The average molecular weight is 285 g/mol. The number of aliphatic hydroxyl groups is 1. The molecule has 1 aromatic heterocycles. The van der Waals surface area contributed by atoms with Crippen LogP contribution in [0.3, 0.4) is 0 Å². The van der Waals surface area contributed by atoms with Gasteiger partial charge in [-0.3, -0.25) is 9.69 Å². The molecule has 0 saturated carbocycles. The van der Waals surface area contributed by atoms with Gasteiger partial charge in [-0.2, -0.15) is 0 Å². The highest BCUT2D eigenvalue weighted by Gasteiger charge is 2.23. The zero-order chi connectivity index (χ0) is 13.8. The van der Waals surface area contributed by atoms with Crippen molar-refractivity contribution in [2.24, 2.45) is 0 Å². The first-order valence-corrected chi connectivity index (χ1v) is 6.53. The van der Waals surface area contributed by atoms with Crippen molar-refractivity contribution in [1.29, 1.82) is 0 Å². The van der Waals surface area contributed by atoms with Crippen LogP contribution in [-0.4, -0.2) is 65.1 Å². The molecule has 0 bridgehead atoms. The maximum Gasteiger partial charge on any atom is 0.255 e. The van der Waals surface area contributed by atoms with Gasteiger partial charge in [0, 0.05) is 38.9 Å². The molecule has 19 heavy (non-hydrogen) atoms. The molecule has 3 N–H and O–H groups in total. The first-order chi connectivity index (χ1) is 9.11. The van der Waals surface area contributed by atoms with Crippen LogP contribution in [-0.2, 0) is 0 Å². The molecule has 0 aromatic carbocycles. The number of piperazine rings is 1. The Morgan fingerprint density at radius 2 is 2.11 bits per heavy atom. The maximum atomic E-state index is 12.3. The minimum Gasteiger partial charge on any atom is -0.395 e. The number of halogens is 1. The second-order valence-corrected chi connectivity index (χ2v) is 4.85. The zero-order valence-corrected chi connectivity index (χ0v) is 11.3. The number of nitrogens with two attached hydrogens (primary N) is 1. The highest BCUT2D eigenvalue weighted by atomic mass is 35.5. The Bertz CT molecular complexity index is 461. The first-order valence-electron chi connectivity index (χ1n) is 6.15. The van der Waals surface area contributed by atoms with E-state index in [-0.39, 0.29) is 18.3 Å². The molecule has 0 radical (unpaired) electrons. The van der Waals surface area contributed by atoms with Crippen LogP contribution in [0.5, 0.6) is 0 Å². The molecular weight excluding hydrogens is 268 g/mol. The van der Waals surface area contributed by atoms with Gasteiger partial charge in [0.25, 0.3) is 5.91 Å². The molecule has 2 rings (SSSR count). The fourth-order valence-electron chi connectivity index (χ4n) is 2.11. The lowest BCUT2D eigenvalue weighted by Crippen LogP contribution is -2.49. The predicted molar refractivity (Wildman–Crippen MR) is 73.1 cm³/mol. The van der Waals surface area contributed by atoms with Crippen molar-refractivity contribution in [3.8, 4) is 0 Å². The summed E-state index contributed by atoms with van der Waals surface area (Å²) in [5, 5.41) is 9.19. The molecule has 0 spiro atoms. The van der Waals surface area contributed by atoms with Crippen molar-refractivity contribution < 1.29 is 9.90 Å². The van der Waals surface area contributed by atoms with Gasteiger partial charge < -0.3 is 15.7 Å². The number of hydrogen-bond donors (Lipinski definition) is 2. The molecule has 1 aliphatic heterocycles. The van der Waals surface area contributed by atoms with E-state index in [4.69, 9.17) is 22.4 Å². The number of carbonyl (C=O) groups is 1. The van der Waals surface area contributed by atoms with Crippen molar-refractivity contribution >= 4 is 23.3 Å². The third-order valence-electron chi connectivity index (χ3n) is 3.18. The minimum absolute atomic E-state index is 0.122. The molecule has 0 aliphatic carbocycles. The maximum absolute atomic E-state index is 12.3. The van der Waals surface area contributed by atoms with E-state index in [1.54, 1.807) is 4.90 Å². The normalized spacial score (nSPS) is 16.6. The molecule has 0 atom stereocenters. The van der Waals surface area contributed by atoms with Crippen LogP contribution in [0.15, 0.2) is 12.3 Å². The van der Waals surface area contributed by atoms with Gasteiger partial charge in [-0.15, -0.1) is 0 Å². The Hall–Kier alpha value is -1.37. The summed E-state index contributed by atoms with van der Waals surface area (Å²) >= 11 is 5.98. The predicted octanol–water partition coefficient (Wildman–Crippen LogP) is 0.0673. The van der Waals surface area contributed by atoms with Crippen LogP contribution in [0.4, 0.5) is 5.82 Å². The lowest BCUT2D eigenvalue weighted by atomic mass is 10.2. The third-order valence-corrected chi connectivity index (χ3v) is 3.48. The number of nitrogen functional groups attached to an aromatic ring is 1.